The van der Waals surface area contributed by atoms with Gasteiger partial charge in [-0.1, -0.05) is 11.6 Å². The van der Waals surface area contributed by atoms with Crippen molar-refractivity contribution >= 4 is 23.4 Å². The van der Waals surface area contributed by atoms with Crippen LogP contribution >= 0.6 is 0 Å². The number of amides is 1. The van der Waals surface area contributed by atoms with Crippen molar-refractivity contribution in [1.82, 2.24) is 4.98 Å². The van der Waals surface area contributed by atoms with E-state index in [-0.39, 0.29) is 24.1 Å². The number of carbonyl (C=O) groups is 2. The monoisotopic (exact) mass is 417 g/mol. The van der Waals surface area contributed by atoms with Gasteiger partial charge in [0.15, 0.2) is 0 Å². The molecule has 1 amide bonds. The highest BCUT2D eigenvalue weighted by molar-refractivity contribution is 6.00. The van der Waals surface area contributed by atoms with Crippen LogP contribution in [0.5, 0.6) is 5.75 Å². The van der Waals surface area contributed by atoms with Gasteiger partial charge in [-0.3, -0.25) is 9.59 Å². The molecule has 2 aromatic rings. The zero-order valence-electron chi connectivity index (χ0n) is 15.8. The fourth-order valence-electron chi connectivity index (χ4n) is 3.49. The molecule has 0 saturated carbocycles. The largest absolute Gasteiger partial charge is 0.426 e. The number of hydrogen-bond donors (Lipinski definition) is 1. The van der Waals surface area contributed by atoms with E-state index >= 15 is 0 Å². The molecule has 1 fully saturated rings. The second-order valence-corrected chi connectivity index (χ2v) is 7.15. The zero-order valence-corrected chi connectivity index (χ0v) is 15.8. The molecular formula is C21H18F3N3O3. The molecule has 0 unspecified atom stereocenters. The summed E-state index contributed by atoms with van der Waals surface area (Å²) in [6.07, 6.45) is -0.418. The van der Waals surface area contributed by atoms with Crippen molar-refractivity contribution in [3.63, 3.8) is 0 Å². The minimum absolute atomic E-state index is 0.227. The maximum Gasteiger partial charge on any atom is 0.416 e. The van der Waals surface area contributed by atoms with Crippen LogP contribution in [0.25, 0.3) is 0 Å². The third kappa shape index (κ3) is 4.45. The van der Waals surface area contributed by atoms with Gasteiger partial charge in [-0.2, -0.15) is 13.2 Å². The van der Waals surface area contributed by atoms with Crippen molar-refractivity contribution in [2.24, 2.45) is 0 Å². The summed E-state index contributed by atoms with van der Waals surface area (Å²) in [4.78, 5) is 29.4. The number of ether oxygens (including phenoxy) is 1. The van der Waals surface area contributed by atoms with Gasteiger partial charge in [0, 0.05) is 42.7 Å². The van der Waals surface area contributed by atoms with Crippen LogP contribution in [-0.2, 0) is 22.2 Å². The lowest BCUT2D eigenvalue weighted by Gasteiger charge is -2.29. The lowest BCUT2D eigenvalue weighted by Crippen LogP contribution is -2.31. The van der Waals surface area contributed by atoms with Gasteiger partial charge in [-0.05, 0) is 31.0 Å². The SMILES string of the molecule is O=C(C=C1CCN(c2cc(C(F)(F)F)ccn2)CC1)Nc1ccc2c(c1)OC(=O)C2. The standard InChI is InChI=1S/C21H18F3N3O3/c22-21(23,24)15-3-6-25-18(11-15)27-7-4-13(5-8-27)9-19(28)26-16-2-1-14-10-20(29)30-17(14)12-16/h1-3,6,9,11-12H,4-5,7-8,10H2,(H,26,28). The molecule has 0 radical (unpaired) electrons. The molecule has 9 heteroatoms. The first-order chi connectivity index (χ1) is 14.3. The number of hydrogen-bond acceptors (Lipinski definition) is 5. The normalized spacial score (nSPS) is 16.2. The Balaban J connectivity index is 1.36. The molecule has 0 bridgehead atoms. The minimum Gasteiger partial charge on any atom is -0.426 e. The summed E-state index contributed by atoms with van der Waals surface area (Å²) in [6, 6.07) is 7.05. The van der Waals surface area contributed by atoms with Crippen molar-refractivity contribution < 1.29 is 27.5 Å². The Bertz CT molecular complexity index is 1020. The molecular weight excluding hydrogens is 399 g/mol. The molecule has 1 aromatic heterocycles. The number of piperidine rings is 1. The molecule has 1 N–H and O–H groups in total. The Hall–Kier alpha value is -3.36. The van der Waals surface area contributed by atoms with Crippen LogP contribution in [0.3, 0.4) is 0 Å². The number of alkyl halides is 3. The summed E-state index contributed by atoms with van der Waals surface area (Å²) in [5.74, 6) is 0.103. The molecule has 2 aliphatic heterocycles. The van der Waals surface area contributed by atoms with E-state index in [0.717, 1.165) is 29.5 Å². The molecule has 0 aliphatic carbocycles. The average molecular weight is 417 g/mol. The molecule has 2 aliphatic rings. The minimum atomic E-state index is -4.41. The van der Waals surface area contributed by atoms with Crippen LogP contribution in [0.15, 0.2) is 48.2 Å². The van der Waals surface area contributed by atoms with Gasteiger partial charge in [0.05, 0.1) is 12.0 Å². The molecule has 0 atom stereocenters. The Morgan fingerprint density at radius 3 is 2.67 bits per heavy atom. The van der Waals surface area contributed by atoms with Gasteiger partial charge in [0.25, 0.3) is 0 Å². The fourth-order valence-corrected chi connectivity index (χ4v) is 3.49. The first-order valence-corrected chi connectivity index (χ1v) is 9.40. The summed E-state index contributed by atoms with van der Waals surface area (Å²) in [5.41, 5.74) is 1.49. The number of carbonyl (C=O) groups excluding carboxylic acids is 2. The fraction of sp³-hybridized carbons (Fsp3) is 0.286. The molecule has 0 spiro atoms. The van der Waals surface area contributed by atoms with Gasteiger partial charge in [-0.15, -0.1) is 0 Å². The Morgan fingerprint density at radius 1 is 1.17 bits per heavy atom. The van der Waals surface area contributed by atoms with E-state index in [1.807, 2.05) is 0 Å². The second kappa shape index (κ2) is 7.81. The topological polar surface area (TPSA) is 71.5 Å². The van der Waals surface area contributed by atoms with Crippen LogP contribution in [0.1, 0.15) is 24.0 Å². The van der Waals surface area contributed by atoms with Crippen molar-refractivity contribution in [3.8, 4) is 5.75 Å². The average Bonchev–Trinajstić information content (AvgIpc) is 3.07. The second-order valence-electron chi connectivity index (χ2n) is 7.15. The third-order valence-corrected chi connectivity index (χ3v) is 5.03. The van der Waals surface area contributed by atoms with Gasteiger partial charge in [0.1, 0.15) is 11.6 Å². The molecule has 1 aromatic carbocycles. The summed E-state index contributed by atoms with van der Waals surface area (Å²) in [6.45, 7) is 0.949. The van der Waals surface area contributed by atoms with Gasteiger partial charge >= 0.3 is 12.1 Å². The van der Waals surface area contributed by atoms with Crippen LogP contribution in [0.4, 0.5) is 24.7 Å². The molecule has 3 heterocycles. The van der Waals surface area contributed by atoms with Crippen LogP contribution < -0.4 is 15.0 Å². The maximum absolute atomic E-state index is 12.9. The summed E-state index contributed by atoms with van der Waals surface area (Å²) in [7, 11) is 0. The lowest BCUT2D eigenvalue weighted by atomic mass is 10.0. The van der Waals surface area contributed by atoms with E-state index in [9.17, 15) is 22.8 Å². The zero-order chi connectivity index (χ0) is 21.3. The van der Waals surface area contributed by atoms with Crippen molar-refractivity contribution in [2.45, 2.75) is 25.4 Å². The van der Waals surface area contributed by atoms with E-state index < -0.39 is 11.7 Å². The Labute approximate surface area is 170 Å². The number of anilines is 2. The van der Waals surface area contributed by atoms with Gasteiger partial charge < -0.3 is 15.0 Å². The van der Waals surface area contributed by atoms with Gasteiger partial charge in [-0.25, -0.2) is 4.98 Å². The Morgan fingerprint density at radius 2 is 1.93 bits per heavy atom. The summed E-state index contributed by atoms with van der Waals surface area (Å²) in [5, 5.41) is 2.74. The van der Waals surface area contributed by atoms with Crippen molar-refractivity contribution in [2.75, 3.05) is 23.3 Å². The first-order valence-electron chi connectivity index (χ1n) is 9.40. The number of rotatable bonds is 3. The van der Waals surface area contributed by atoms with Crippen molar-refractivity contribution in [3.05, 3.63) is 59.3 Å². The highest BCUT2D eigenvalue weighted by atomic mass is 19.4. The van der Waals surface area contributed by atoms with Crippen molar-refractivity contribution in [1.29, 1.82) is 0 Å². The highest BCUT2D eigenvalue weighted by Crippen LogP contribution is 2.32. The maximum atomic E-state index is 12.9. The van der Waals surface area contributed by atoms with E-state index in [4.69, 9.17) is 4.74 Å². The van der Waals surface area contributed by atoms with E-state index in [1.54, 1.807) is 23.1 Å². The number of nitrogens with zero attached hydrogens (tertiary/aromatic N) is 2. The predicted molar refractivity (Wildman–Crippen MR) is 103 cm³/mol. The van der Waals surface area contributed by atoms with Crippen LogP contribution in [0, 0.1) is 0 Å². The van der Waals surface area contributed by atoms with Crippen LogP contribution in [0.2, 0.25) is 0 Å². The highest BCUT2D eigenvalue weighted by Gasteiger charge is 2.31. The quantitative estimate of drug-likeness (QED) is 0.468. The summed E-state index contributed by atoms with van der Waals surface area (Å²) >= 11 is 0. The number of aromatic nitrogens is 1. The van der Waals surface area contributed by atoms with E-state index in [2.05, 4.69) is 10.3 Å². The van der Waals surface area contributed by atoms with E-state index in [0.29, 0.717) is 37.4 Å². The van der Waals surface area contributed by atoms with Gasteiger partial charge in [0.2, 0.25) is 5.91 Å². The number of nitrogens with one attached hydrogen (secondary N) is 1. The number of benzene rings is 1. The van der Waals surface area contributed by atoms with E-state index in [1.165, 1.54) is 6.08 Å². The molecule has 156 valence electrons. The summed E-state index contributed by atoms with van der Waals surface area (Å²) < 4.78 is 43.7. The van der Waals surface area contributed by atoms with Crippen LogP contribution in [-0.4, -0.2) is 29.9 Å². The third-order valence-electron chi connectivity index (χ3n) is 5.03. The number of pyridine rings is 1. The first kappa shape index (κ1) is 19.9. The number of esters is 1. The molecule has 4 rings (SSSR count). The number of fused-ring (bicyclic) bond motifs is 1. The smallest absolute Gasteiger partial charge is 0.416 e. The molecule has 30 heavy (non-hydrogen) atoms. The molecule has 6 nitrogen and oxygen atoms in total. The predicted octanol–water partition coefficient (Wildman–Crippen LogP) is 3.73. The lowest BCUT2D eigenvalue weighted by molar-refractivity contribution is -0.137. The number of halogens is 3. The molecule has 1 saturated heterocycles. The Kier molecular flexibility index (Phi) is 5.19.